The molecule has 0 aliphatic heterocycles. The predicted molar refractivity (Wildman–Crippen MR) is 95.7 cm³/mol. The molecule has 2 rings (SSSR count). The van der Waals surface area contributed by atoms with E-state index >= 15 is 0 Å². The fraction of sp³-hybridized carbons (Fsp3) is 0.118. The molecule has 0 radical (unpaired) electrons. The van der Waals surface area contributed by atoms with Crippen LogP contribution >= 0.6 is 23.2 Å². The Labute approximate surface area is 149 Å². The molecule has 0 heterocycles. The summed E-state index contributed by atoms with van der Waals surface area (Å²) in [5.41, 5.74) is 4.17. The van der Waals surface area contributed by atoms with Gasteiger partial charge in [-0.1, -0.05) is 47.5 Å². The monoisotopic (exact) mass is 363 g/mol. The number of halogens is 2. The second kappa shape index (κ2) is 8.47. The Morgan fingerprint density at radius 1 is 1.08 bits per heavy atom. The number of nitrogens with zero attached hydrogens (tertiary/aromatic N) is 1. The maximum Gasteiger partial charge on any atom is 0.259 e. The molecule has 2 aromatic rings. The largest absolute Gasteiger partial charge is 0.343 e. The average Bonchev–Trinajstić information content (AvgIpc) is 2.56. The van der Waals surface area contributed by atoms with Crippen LogP contribution in [0.15, 0.2) is 47.6 Å². The minimum Gasteiger partial charge on any atom is -0.343 e. The molecule has 0 saturated carbocycles. The molecule has 124 valence electrons. The minimum atomic E-state index is -0.462. The molecule has 2 amide bonds. The molecule has 0 atom stereocenters. The number of carbonyl (C=O) groups excluding carboxylic acids is 2. The molecule has 0 aliphatic carbocycles. The van der Waals surface area contributed by atoms with Gasteiger partial charge in [-0.3, -0.25) is 9.59 Å². The Morgan fingerprint density at radius 3 is 2.42 bits per heavy atom. The second-order valence-corrected chi connectivity index (χ2v) is 5.74. The van der Waals surface area contributed by atoms with Crippen molar-refractivity contribution in [3.63, 3.8) is 0 Å². The average molecular weight is 364 g/mol. The number of rotatable bonds is 5. The van der Waals surface area contributed by atoms with Gasteiger partial charge in [0, 0.05) is 11.1 Å². The molecule has 0 spiro atoms. The molecule has 0 saturated heterocycles. The lowest BCUT2D eigenvalue weighted by Gasteiger charge is -2.06. The highest BCUT2D eigenvalue weighted by Gasteiger charge is 2.09. The number of hydrogen-bond donors (Lipinski definition) is 2. The van der Waals surface area contributed by atoms with Gasteiger partial charge in [-0.25, -0.2) is 5.43 Å². The van der Waals surface area contributed by atoms with Crippen molar-refractivity contribution in [2.24, 2.45) is 5.10 Å². The minimum absolute atomic E-state index is 0.194. The van der Waals surface area contributed by atoms with Crippen molar-refractivity contribution in [1.82, 2.24) is 10.7 Å². The van der Waals surface area contributed by atoms with Crippen LogP contribution in [0.5, 0.6) is 0 Å². The topological polar surface area (TPSA) is 70.6 Å². The number of carbonyl (C=O) groups is 2. The van der Waals surface area contributed by atoms with E-state index in [9.17, 15) is 9.59 Å². The van der Waals surface area contributed by atoms with Crippen molar-refractivity contribution in [1.29, 1.82) is 0 Å². The predicted octanol–water partition coefficient (Wildman–Crippen LogP) is 3.18. The first-order chi connectivity index (χ1) is 11.5. The lowest BCUT2D eigenvalue weighted by atomic mass is 10.1. The van der Waals surface area contributed by atoms with Crippen LogP contribution in [-0.4, -0.2) is 24.6 Å². The summed E-state index contributed by atoms with van der Waals surface area (Å²) in [6, 6.07) is 12.2. The van der Waals surface area contributed by atoms with Gasteiger partial charge in [0.2, 0.25) is 0 Å². The molecule has 0 unspecified atom stereocenters. The van der Waals surface area contributed by atoms with Crippen molar-refractivity contribution in [2.75, 3.05) is 6.54 Å². The zero-order chi connectivity index (χ0) is 17.5. The Balaban J connectivity index is 1.87. The van der Waals surface area contributed by atoms with E-state index in [2.05, 4.69) is 15.8 Å². The third kappa shape index (κ3) is 4.81. The second-order valence-electron chi connectivity index (χ2n) is 4.93. The van der Waals surface area contributed by atoms with E-state index in [4.69, 9.17) is 23.2 Å². The van der Waals surface area contributed by atoms with Gasteiger partial charge in [-0.15, -0.1) is 0 Å². The van der Waals surface area contributed by atoms with Crippen LogP contribution in [0.3, 0.4) is 0 Å². The molecule has 2 aromatic carbocycles. The van der Waals surface area contributed by atoms with Gasteiger partial charge in [-0.2, -0.15) is 5.10 Å². The van der Waals surface area contributed by atoms with Gasteiger partial charge in [0.25, 0.3) is 11.8 Å². The summed E-state index contributed by atoms with van der Waals surface area (Å²) in [4.78, 5) is 23.7. The van der Waals surface area contributed by atoms with Gasteiger partial charge in [0.05, 0.1) is 22.8 Å². The highest BCUT2D eigenvalue weighted by molar-refractivity contribution is 6.38. The number of amides is 2. The first-order valence-corrected chi connectivity index (χ1v) is 7.84. The summed E-state index contributed by atoms with van der Waals surface area (Å²) in [6.45, 7) is 1.63. The SMILES string of the molecule is Cc1ccccc1C(=O)NCC(=O)NN=Cc1c(Cl)cccc1Cl. The van der Waals surface area contributed by atoms with Gasteiger partial charge in [0.1, 0.15) is 0 Å². The first-order valence-electron chi connectivity index (χ1n) is 7.09. The first kappa shape index (κ1) is 18.0. The van der Waals surface area contributed by atoms with E-state index in [1.54, 1.807) is 30.3 Å². The van der Waals surface area contributed by atoms with Crippen LogP contribution in [0.1, 0.15) is 21.5 Å². The summed E-state index contributed by atoms with van der Waals surface area (Å²) in [7, 11) is 0. The molecule has 0 aromatic heterocycles. The number of benzene rings is 2. The number of hydrazone groups is 1. The highest BCUT2D eigenvalue weighted by Crippen LogP contribution is 2.21. The van der Waals surface area contributed by atoms with Crippen LogP contribution < -0.4 is 10.7 Å². The van der Waals surface area contributed by atoms with Gasteiger partial charge in [-0.05, 0) is 30.7 Å². The zero-order valence-corrected chi connectivity index (χ0v) is 14.4. The summed E-state index contributed by atoms with van der Waals surface area (Å²) in [6.07, 6.45) is 1.35. The Kier molecular flexibility index (Phi) is 6.35. The third-order valence-corrected chi connectivity index (χ3v) is 3.84. The van der Waals surface area contributed by atoms with Crippen LogP contribution in [0, 0.1) is 6.92 Å². The normalized spacial score (nSPS) is 10.6. The smallest absolute Gasteiger partial charge is 0.259 e. The van der Waals surface area contributed by atoms with E-state index < -0.39 is 5.91 Å². The van der Waals surface area contributed by atoms with Crippen molar-refractivity contribution in [3.05, 3.63) is 69.2 Å². The Morgan fingerprint density at radius 2 is 1.75 bits per heavy atom. The maximum atomic E-state index is 12.0. The summed E-state index contributed by atoms with van der Waals surface area (Å²) < 4.78 is 0. The summed E-state index contributed by atoms with van der Waals surface area (Å²) in [5.74, 6) is -0.780. The van der Waals surface area contributed by atoms with E-state index in [1.165, 1.54) is 6.21 Å². The van der Waals surface area contributed by atoms with Gasteiger partial charge in [0.15, 0.2) is 0 Å². The standard InChI is InChI=1S/C17H15Cl2N3O2/c1-11-5-2-3-6-12(11)17(24)20-10-16(23)22-21-9-13-14(18)7-4-8-15(13)19/h2-9H,10H2,1H3,(H,20,24)(H,22,23). The van der Waals surface area contributed by atoms with Crippen molar-refractivity contribution < 1.29 is 9.59 Å². The van der Waals surface area contributed by atoms with Gasteiger partial charge < -0.3 is 5.32 Å². The van der Waals surface area contributed by atoms with Crippen molar-refractivity contribution in [2.45, 2.75) is 6.92 Å². The van der Waals surface area contributed by atoms with E-state index in [-0.39, 0.29) is 12.5 Å². The van der Waals surface area contributed by atoms with Crippen LogP contribution in [0.4, 0.5) is 0 Å². The van der Waals surface area contributed by atoms with E-state index in [0.29, 0.717) is 21.2 Å². The molecule has 0 bridgehead atoms. The van der Waals surface area contributed by atoms with Crippen molar-refractivity contribution in [3.8, 4) is 0 Å². The fourth-order valence-electron chi connectivity index (χ4n) is 1.93. The molecular formula is C17H15Cl2N3O2. The Hall–Kier alpha value is -2.37. The Bertz CT molecular complexity index is 771. The number of hydrogen-bond acceptors (Lipinski definition) is 3. The van der Waals surface area contributed by atoms with Crippen molar-refractivity contribution >= 4 is 41.2 Å². The van der Waals surface area contributed by atoms with E-state index in [1.807, 2.05) is 19.1 Å². The molecule has 2 N–H and O–H groups in total. The highest BCUT2D eigenvalue weighted by atomic mass is 35.5. The van der Waals surface area contributed by atoms with E-state index in [0.717, 1.165) is 5.56 Å². The summed E-state index contributed by atoms with van der Waals surface area (Å²) >= 11 is 12.0. The summed E-state index contributed by atoms with van der Waals surface area (Å²) in [5, 5.41) is 7.17. The number of aryl methyl sites for hydroxylation is 1. The fourth-order valence-corrected chi connectivity index (χ4v) is 2.42. The molecular weight excluding hydrogens is 349 g/mol. The quantitative estimate of drug-likeness (QED) is 0.632. The molecule has 7 heteroatoms. The molecule has 24 heavy (non-hydrogen) atoms. The molecule has 0 aliphatic rings. The third-order valence-electron chi connectivity index (χ3n) is 3.18. The number of nitrogens with one attached hydrogen (secondary N) is 2. The maximum absolute atomic E-state index is 12.0. The van der Waals surface area contributed by atoms with Crippen LogP contribution in [-0.2, 0) is 4.79 Å². The van der Waals surface area contributed by atoms with Crippen LogP contribution in [0.25, 0.3) is 0 Å². The van der Waals surface area contributed by atoms with Crippen LogP contribution in [0.2, 0.25) is 10.0 Å². The molecule has 5 nitrogen and oxygen atoms in total. The van der Waals surface area contributed by atoms with Gasteiger partial charge >= 0.3 is 0 Å². The zero-order valence-electron chi connectivity index (χ0n) is 12.8. The lowest BCUT2D eigenvalue weighted by Crippen LogP contribution is -2.35. The molecule has 0 fully saturated rings. The lowest BCUT2D eigenvalue weighted by molar-refractivity contribution is -0.120.